The summed E-state index contributed by atoms with van der Waals surface area (Å²) in [6.45, 7) is 9.27. The molecule has 0 aliphatic carbocycles. The second-order valence-corrected chi connectivity index (χ2v) is 10.2. The molecular formula is C19H29BN2O4S. The quantitative estimate of drug-likeness (QED) is 0.780. The summed E-state index contributed by atoms with van der Waals surface area (Å²) in [5.74, 6) is 0.214. The van der Waals surface area contributed by atoms with E-state index in [-0.39, 0.29) is 5.75 Å². The van der Waals surface area contributed by atoms with Crippen LogP contribution in [-0.4, -0.2) is 52.6 Å². The van der Waals surface area contributed by atoms with Gasteiger partial charge in [-0.1, -0.05) is 18.2 Å². The molecule has 0 radical (unpaired) electrons. The molecule has 2 fully saturated rings. The maximum Gasteiger partial charge on any atom is 0.491 e. The molecule has 2 aliphatic heterocycles. The second-order valence-electron chi connectivity index (χ2n) is 8.17. The predicted molar refractivity (Wildman–Crippen MR) is 110 cm³/mol. The van der Waals surface area contributed by atoms with Crippen LogP contribution in [0.3, 0.4) is 0 Å². The van der Waals surface area contributed by atoms with Crippen molar-refractivity contribution in [3.63, 3.8) is 0 Å². The molecule has 2 heterocycles. The van der Waals surface area contributed by atoms with Gasteiger partial charge in [0.1, 0.15) is 0 Å². The predicted octanol–water partition coefficient (Wildman–Crippen LogP) is 2.46. The van der Waals surface area contributed by atoms with Gasteiger partial charge in [-0.2, -0.15) is 0 Å². The summed E-state index contributed by atoms with van der Waals surface area (Å²) in [4.78, 5) is 0. The molecule has 2 aliphatic rings. The number of hydrogen-bond acceptors (Lipinski definition) is 5. The van der Waals surface area contributed by atoms with E-state index >= 15 is 0 Å². The summed E-state index contributed by atoms with van der Waals surface area (Å²) < 4.78 is 38.3. The van der Waals surface area contributed by atoms with E-state index in [9.17, 15) is 8.42 Å². The van der Waals surface area contributed by atoms with E-state index < -0.39 is 28.3 Å². The van der Waals surface area contributed by atoms with Gasteiger partial charge in [0.15, 0.2) is 0 Å². The average molecular weight is 392 g/mol. The standard InChI is InChI=1S/C19H29BN2O4S/c1-18(2)19(3,4)26-20(25-18)16(14-21-5)12-15-8-6-9-17(13-15)22-10-7-11-27(22,23)24/h6,8-9,12-13,21H,7,10-11,14H2,1-5H3. The summed E-state index contributed by atoms with van der Waals surface area (Å²) in [7, 11) is -1.75. The molecule has 27 heavy (non-hydrogen) atoms. The number of likely N-dealkylation sites (N-methyl/N-ethyl adjacent to an activating group) is 1. The summed E-state index contributed by atoms with van der Waals surface area (Å²) >= 11 is 0. The van der Waals surface area contributed by atoms with Gasteiger partial charge in [0.05, 0.1) is 22.6 Å². The minimum absolute atomic E-state index is 0.214. The van der Waals surface area contributed by atoms with Crippen LogP contribution < -0.4 is 9.62 Å². The zero-order valence-electron chi connectivity index (χ0n) is 16.8. The molecule has 3 rings (SSSR count). The summed E-state index contributed by atoms with van der Waals surface area (Å²) in [5.41, 5.74) is 1.79. The SMILES string of the molecule is CNCC(=Cc1cccc(N2CCCS2(=O)=O)c1)B1OC(C)(C)C(C)(C)O1. The Morgan fingerprint density at radius 3 is 2.48 bits per heavy atom. The van der Waals surface area contributed by atoms with Gasteiger partial charge in [0.25, 0.3) is 0 Å². The van der Waals surface area contributed by atoms with Crippen LogP contribution in [0.1, 0.15) is 39.7 Å². The average Bonchev–Trinajstić information content (AvgIpc) is 3.02. The van der Waals surface area contributed by atoms with Gasteiger partial charge in [0, 0.05) is 13.1 Å². The molecule has 0 saturated carbocycles. The molecule has 1 aromatic carbocycles. The number of benzene rings is 1. The highest BCUT2D eigenvalue weighted by molar-refractivity contribution is 7.93. The molecule has 1 aromatic rings. The summed E-state index contributed by atoms with van der Waals surface area (Å²) in [6, 6.07) is 7.60. The monoisotopic (exact) mass is 392 g/mol. The molecule has 0 aromatic heterocycles. The maximum absolute atomic E-state index is 12.2. The highest BCUT2D eigenvalue weighted by Crippen LogP contribution is 2.38. The Morgan fingerprint density at radius 1 is 1.26 bits per heavy atom. The van der Waals surface area contributed by atoms with Crippen molar-refractivity contribution in [2.24, 2.45) is 0 Å². The van der Waals surface area contributed by atoms with Crippen LogP contribution in [0.25, 0.3) is 6.08 Å². The Bertz CT molecular complexity index is 820. The number of sulfonamides is 1. The Kier molecular flexibility index (Phi) is 5.47. The van der Waals surface area contributed by atoms with E-state index in [4.69, 9.17) is 9.31 Å². The Hall–Kier alpha value is -1.35. The number of rotatable bonds is 5. The first kappa shape index (κ1) is 20.4. The van der Waals surface area contributed by atoms with E-state index in [1.165, 1.54) is 4.31 Å². The molecule has 0 bridgehead atoms. The van der Waals surface area contributed by atoms with Crippen LogP contribution in [-0.2, 0) is 19.3 Å². The van der Waals surface area contributed by atoms with Crippen molar-refractivity contribution in [1.82, 2.24) is 5.32 Å². The van der Waals surface area contributed by atoms with E-state index in [2.05, 4.69) is 5.32 Å². The van der Waals surface area contributed by atoms with Crippen molar-refractivity contribution in [2.75, 3.05) is 30.2 Å². The summed E-state index contributed by atoms with van der Waals surface area (Å²) in [6.07, 6.45) is 2.69. The lowest BCUT2D eigenvalue weighted by Gasteiger charge is -2.32. The number of hydrogen-bond donors (Lipinski definition) is 1. The van der Waals surface area contributed by atoms with Gasteiger partial charge in [-0.05, 0) is 64.3 Å². The van der Waals surface area contributed by atoms with Gasteiger partial charge in [-0.15, -0.1) is 0 Å². The van der Waals surface area contributed by atoms with E-state index in [0.717, 1.165) is 11.0 Å². The molecule has 0 unspecified atom stereocenters. The van der Waals surface area contributed by atoms with Crippen molar-refractivity contribution in [3.05, 3.63) is 35.3 Å². The lowest BCUT2D eigenvalue weighted by atomic mass is 9.77. The van der Waals surface area contributed by atoms with Crippen LogP contribution in [0.2, 0.25) is 0 Å². The highest BCUT2D eigenvalue weighted by atomic mass is 32.2. The zero-order chi connectivity index (χ0) is 19.9. The second kappa shape index (κ2) is 7.24. The van der Waals surface area contributed by atoms with Crippen LogP contribution >= 0.6 is 0 Å². The van der Waals surface area contributed by atoms with Crippen LogP contribution in [0.15, 0.2) is 29.7 Å². The van der Waals surface area contributed by atoms with E-state index in [1.807, 2.05) is 65.1 Å². The van der Waals surface area contributed by atoms with Crippen molar-refractivity contribution in [1.29, 1.82) is 0 Å². The first-order valence-corrected chi connectivity index (χ1v) is 11.0. The molecule has 0 spiro atoms. The molecule has 148 valence electrons. The molecular weight excluding hydrogens is 363 g/mol. The van der Waals surface area contributed by atoms with Gasteiger partial charge in [-0.3, -0.25) is 4.31 Å². The number of nitrogens with zero attached hydrogens (tertiary/aromatic N) is 1. The molecule has 1 N–H and O–H groups in total. The Labute approximate surface area is 163 Å². The van der Waals surface area contributed by atoms with Crippen molar-refractivity contribution < 1.29 is 17.7 Å². The Balaban J connectivity index is 1.90. The van der Waals surface area contributed by atoms with Crippen molar-refractivity contribution in [2.45, 2.75) is 45.3 Å². The van der Waals surface area contributed by atoms with Crippen molar-refractivity contribution >= 4 is 28.9 Å². The molecule has 0 amide bonds. The fourth-order valence-electron chi connectivity index (χ4n) is 3.31. The Morgan fingerprint density at radius 2 is 1.93 bits per heavy atom. The van der Waals surface area contributed by atoms with E-state index in [0.29, 0.717) is 25.2 Å². The topological polar surface area (TPSA) is 67.9 Å². The smallest absolute Gasteiger partial charge is 0.400 e. The van der Waals surface area contributed by atoms with Crippen LogP contribution in [0, 0.1) is 0 Å². The largest absolute Gasteiger partial charge is 0.491 e. The number of nitrogens with one attached hydrogen (secondary N) is 1. The normalized spacial score (nSPS) is 23.8. The fourth-order valence-corrected chi connectivity index (χ4v) is 4.87. The fraction of sp³-hybridized carbons (Fsp3) is 0.579. The van der Waals surface area contributed by atoms with Gasteiger partial charge < -0.3 is 14.6 Å². The molecule has 2 saturated heterocycles. The number of anilines is 1. The van der Waals surface area contributed by atoms with Gasteiger partial charge in [0.2, 0.25) is 10.0 Å². The van der Waals surface area contributed by atoms with Gasteiger partial charge in [-0.25, -0.2) is 8.42 Å². The maximum atomic E-state index is 12.2. The van der Waals surface area contributed by atoms with Crippen molar-refractivity contribution in [3.8, 4) is 0 Å². The van der Waals surface area contributed by atoms with E-state index in [1.54, 1.807) is 0 Å². The van der Waals surface area contributed by atoms with Crippen LogP contribution in [0.4, 0.5) is 5.69 Å². The first-order valence-electron chi connectivity index (χ1n) is 9.37. The molecule has 6 nitrogen and oxygen atoms in total. The summed E-state index contributed by atoms with van der Waals surface area (Å²) in [5, 5.41) is 3.17. The van der Waals surface area contributed by atoms with Gasteiger partial charge >= 0.3 is 7.12 Å². The highest BCUT2D eigenvalue weighted by Gasteiger charge is 2.52. The third-order valence-electron chi connectivity index (χ3n) is 5.55. The minimum atomic E-state index is -3.19. The third-order valence-corrected chi connectivity index (χ3v) is 7.42. The minimum Gasteiger partial charge on any atom is -0.400 e. The molecule has 8 heteroatoms. The zero-order valence-corrected chi connectivity index (χ0v) is 17.6. The molecule has 0 atom stereocenters. The first-order chi connectivity index (χ1) is 12.6. The lowest BCUT2D eigenvalue weighted by molar-refractivity contribution is 0.00578. The third kappa shape index (κ3) is 4.09. The lowest BCUT2D eigenvalue weighted by Crippen LogP contribution is -2.41. The van der Waals surface area contributed by atoms with Crippen LogP contribution in [0.5, 0.6) is 0 Å².